The Bertz CT molecular complexity index is 582. The van der Waals surface area contributed by atoms with Crippen LogP contribution in [-0.4, -0.2) is 42.6 Å². The number of carbonyl (C=O) groups excluding carboxylic acids is 1. The Morgan fingerprint density at radius 2 is 2.15 bits per heavy atom. The molecule has 1 aromatic rings. The zero-order valence-electron chi connectivity index (χ0n) is 11.6. The quantitative estimate of drug-likeness (QED) is 0.716. The van der Waals surface area contributed by atoms with E-state index in [-0.39, 0.29) is 12.5 Å². The van der Waals surface area contributed by atoms with E-state index in [2.05, 4.69) is 20.0 Å². The normalized spacial score (nSPS) is 12.6. The third-order valence-corrected chi connectivity index (χ3v) is 3.10. The summed E-state index contributed by atoms with van der Waals surface area (Å²) in [6.07, 6.45) is 6.92. The van der Waals surface area contributed by atoms with Gasteiger partial charge in [0.1, 0.15) is 6.33 Å². The maximum atomic E-state index is 11.6. The highest BCUT2D eigenvalue weighted by atomic mass is 32.2. The van der Waals surface area contributed by atoms with Gasteiger partial charge in [0.05, 0.1) is 11.9 Å². The average molecular weight is 298 g/mol. The summed E-state index contributed by atoms with van der Waals surface area (Å²) in [4.78, 5) is 19.3. The van der Waals surface area contributed by atoms with Crippen LogP contribution in [0.2, 0.25) is 0 Å². The number of carbonyl (C=O) groups is 1. The molecule has 8 heteroatoms. The van der Waals surface area contributed by atoms with E-state index in [1.807, 2.05) is 0 Å². The highest BCUT2D eigenvalue weighted by molar-refractivity contribution is 7.88. The van der Waals surface area contributed by atoms with Crippen LogP contribution < -0.4 is 10.0 Å². The summed E-state index contributed by atoms with van der Waals surface area (Å²) in [6, 6.07) is 1.67. The van der Waals surface area contributed by atoms with Crippen molar-refractivity contribution in [2.75, 3.05) is 12.8 Å². The Kier molecular flexibility index (Phi) is 5.34. The van der Waals surface area contributed by atoms with Gasteiger partial charge in [0, 0.05) is 24.4 Å². The lowest BCUT2D eigenvalue weighted by atomic mass is 10.1. The van der Waals surface area contributed by atoms with E-state index in [1.165, 1.54) is 12.4 Å². The smallest absolute Gasteiger partial charge is 0.244 e. The topological polar surface area (TPSA) is 101 Å². The Morgan fingerprint density at radius 3 is 2.70 bits per heavy atom. The molecule has 0 aliphatic carbocycles. The molecule has 0 saturated carbocycles. The Balaban J connectivity index is 2.49. The van der Waals surface area contributed by atoms with E-state index in [9.17, 15) is 13.2 Å². The number of nitrogens with zero attached hydrogens (tertiary/aromatic N) is 2. The third-order valence-electron chi connectivity index (χ3n) is 2.18. The first-order valence-corrected chi connectivity index (χ1v) is 7.78. The number of aromatic nitrogens is 2. The van der Waals surface area contributed by atoms with Crippen molar-refractivity contribution in [3.63, 3.8) is 0 Å². The van der Waals surface area contributed by atoms with Crippen LogP contribution in [0.1, 0.15) is 19.5 Å². The zero-order chi connectivity index (χ0) is 15.2. The average Bonchev–Trinajstić information content (AvgIpc) is 2.32. The standard InChI is InChI=1S/C12H18N4O3S/c1-12(2,16-20(3,18)19)8-14-11(17)5-4-10-6-7-13-9-15-10/h4-7,9,16H,8H2,1-3H3,(H,14,17). The molecule has 0 saturated heterocycles. The minimum atomic E-state index is -3.32. The second-order valence-electron chi connectivity index (χ2n) is 4.94. The second-order valence-corrected chi connectivity index (χ2v) is 6.69. The molecule has 1 rings (SSSR count). The number of amides is 1. The largest absolute Gasteiger partial charge is 0.351 e. The zero-order valence-corrected chi connectivity index (χ0v) is 12.4. The van der Waals surface area contributed by atoms with E-state index in [1.54, 1.807) is 32.2 Å². The highest BCUT2D eigenvalue weighted by Crippen LogP contribution is 2.02. The summed E-state index contributed by atoms with van der Waals surface area (Å²) >= 11 is 0. The molecular weight excluding hydrogens is 280 g/mol. The van der Waals surface area contributed by atoms with Crippen LogP contribution in [0.3, 0.4) is 0 Å². The fraction of sp³-hybridized carbons (Fsp3) is 0.417. The highest BCUT2D eigenvalue weighted by Gasteiger charge is 2.22. The lowest BCUT2D eigenvalue weighted by Gasteiger charge is -2.24. The predicted octanol–water partition coefficient (Wildman–Crippen LogP) is -0.0662. The number of rotatable bonds is 6. The van der Waals surface area contributed by atoms with Crippen molar-refractivity contribution in [2.24, 2.45) is 0 Å². The summed E-state index contributed by atoms with van der Waals surface area (Å²) < 4.78 is 24.7. The molecule has 0 unspecified atom stereocenters. The van der Waals surface area contributed by atoms with Crippen molar-refractivity contribution in [2.45, 2.75) is 19.4 Å². The van der Waals surface area contributed by atoms with Crippen LogP contribution in [0, 0.1) is 0 Å². The molecule has 0 bridgehead atoms. The molecule has 2 N–H and O–H groups in total. The summed E-state index contributed by atoms with van der Waals surface area (Å²) in [5, 5.41) is 2.62. The lowest BCUT2D eigenvalue weighted by molar-refractivity contribution is -0.116. The van der Waals surface area contributed by atoms with Crippen LogP contribution >= 0.6 is 0 Å². The molecule has 110 valence electrons. The van der Waals surface area contributed by atoms with Crippen LogP contribution in [0.15, 0.2) is 24.7 Å². The minimum Gasteiger partial charge on any atom is -0.351 e. The first-order valence-electron chi connectivity index (χ1n) is 5.89. The van der Waals surface area contributed by atoms with Crippen molar-refractivity contribution in [3.8, 4) is 0 Å². The van der Waals surface area contributed by atoms with E-state index in [0.717, 1.165) is 6.26 Å². The fourth-order valence-corrected chi connectivity index (χ4v) is 2.54. The summed E-state index contributed by atoms with van der Waals surface area (Å²) in [6.45, 7) is 3.54. The van der Waals surface area contributed by atoms with E-state index in [0.29, 0.717) is 5.69 Å². The van der Waals surface area contributed by atoms with Crippen molar-refractivity contribution in [1.82, 2.24) is 20.0 Å². The van der Waals surface area contributed by atoms with Crippen molar-refractivity contribution in [1.29, 1.82) is 0 Å². The SMILES string of the molecule is CC(C)(CNC(=O)C=Cc1ccncn1)NS(C)(=O)=O. The van der Waals surface area contributed by atoms with Gasteiger partial charge in [-0.05, 0) is 26.0 Å². The van der Waals surface area contributed by atoms with Gasteiger partial charge in [-0.15, -0.1) is 0 Å². The Labute approximate surface area is 118 Å². The predicted molar refractivity (Wildman–Crippen MR) is 76.1 cm³/mol. The van der Waals surface area contributed by atoms with E-state index >= 15 is 0 Å². The molecule has 7 nitrogen and oxygen atoms in total. The first-order chi connectivity index (χ1) is 9.18. The molecule has 0 fully saturated rings. The maximum Gasteiger partial charge on any atom is 0.244 e. The molecule has 0 aromatic carbocycles. The molecule has 0 atom stereocenters. The number of hydrogen-bond acceptors (Lipinski definition) is 5. The van der Waals surface area contributed by atoms with Gasteiger partial charge in [0.2, 0.25) is 15.9 Å². The molecule has 1 heterocycles. The number of sulfonamides is 1. The molecule has 0 radical (unpaired) electrons. The fourth-order valence-electron chi connectivity index (χ4n) is 1.47. The lowest BCUT2D eigenvalue weighted by Crippen LogP contribution is -2.50. The maximum absolute atomic E-state index is 11.6. The van der Waals surface area contributed by atoms with Crippen LogP contribution in [0.5, 0.6) is 0 Å². The Hall–Kier alpha value is -1.80. The molecule has 0 spiro atoms. The summed E-state index contributed by atoms with van der Waals surface area (Å²) in [5.74, 6) is -0.327. The molecule has 20 heavy (non-hydrogen) atoms. The third kappa shape index (κ3) is 6.95. The van der Waals surface area contributed by atoms with Crippen LogP contribution in [0.4, 0.5) is 0 Å². The van der Waals surface area contributed by atoms with Gasteiger partial charge < -0.3 is 5.32 Å². The summed E-state index contributed by atoms with van der Waals surface area (Å²) in [7, 11) is -3.32. The minimum absolute atomic E-state index is 0.174. The number of hydrogen-bond donors (Lipinski definition) is 2. The van der Waals surface area contributed by atoms with Gasteiger partial charge in [-0.2, -0.15) is 0 Å². The molecular formula is C12H18N4O3S. The second kappa shape index (κ2) is 6.58. The van der Waals surface area contributed by atoms with Gasteiger partial charge in [-0.1, -0.05) is 0 Å². The van der Waals surface area contributed by atoms with Crippen molar-refractivity contribution >= 4 is 22.0 Å². The van der Waals surface area contributed by atoms with Gasteiger partial charge >= 0.3 is 0 Å². The Morgan fingerprint density at radius 1 is 1.45 bits per heavy atom. The van der Waals surface area contributed by atoms with E-state index < -0.39 is 15.6 Å². The van der Waals surface area contributed by atoms with Crippen LogP contribution in [-0.2, 0) is 14.8 Å². The molecule has 1 amide bonds. The summed E-state index contributed by atoms with van der Waals surface area (Å²) in [5.41, 5.74) is -0.143. The molecule has 0 aliphatic heterocycles. The van der Waals surface area contributed by atoms with Gasteiger partial charge in [0.15, 0.2) is 0 Å². The van der Waals surface area contributed by atoms with Crippen molar-refractivity contribution in [3.05, 3.63) is 30.4 Å². The van der Waals surface area contributed by atoms with Gasteiger partial charge in [-0.25, -0.2) is 23.1 Å². The van der Waals surface area contributed by atoms with Gasteiger partial charge in [-0.3, -0.25) is 4.79 Å². The number of nitrogens with one attached hydrogen (secondary N) is 2. The van der Waals surface area contributed by atoms with Gasteiger partial charge in [0.25, 0.3) is 0 Å². The van der Waals surface area contributed by atoms with E-state index in [4.69, 9.17) is 0 Å². The van der Waals surface area contributed by atoms with Crippen molar-refractivity contribution < 1.29 is 13.2 Å². The first kappa shape index (κ1) is 16.3. The monoisotopic (exact) mass is 298 g/mol. The van der Waals surface area contributed by atoms with Crippen LogP contribution in [0.25, 0.3) is 6.08 Å². The molecule has 1 aromatic heterocycles. The molecule has 0 aliphatic rings.